The molecule has 1 aliphatic heterocycles. The average molecular weight is 352 g/mol. The maximum absolute atomic E-state index is 11.9. The van der Waals surface area contributed by atoms with Crippen LogP contribution in [0.25, 0.3) is 0 Å². The number of carbonyl (C=O) groups excluding carboxylic acids is 3. The van der Waals surface area contributed by atoms with Gasteiger partial charge in [0.25, 0.3) is 0 Å². The number of thioether (sulfide) groups is 1. The molecule has 2 atom stereocenters. The second-order valence-electron chi connectivity index (χ2n) is 5.08. The highest BCUT2D eigenvalue weighted by molar-refractivity contribution is 8.00. The van der Waals surface area contributed by atoms with Crippen molar-refractivity contribution in [3.05, 3.63) is 29.8 Å². The molecule has 0 spiro atoms. The summed E-state index contributed by atoms with van der Waals surface area (Å²) in [7, 11) is 0. The van der Waals surface area contributed by atoms with Gasteiger partial charge in [-0.2, -0.15) is 0 Å². The number of ether oxygens (including phenoxy) is 1. The number of benzene rings is 1. The Bertz CT molecular complexity index is 608. The molecule has 1 fully saturated rings. The largest absolute Gasteiger partial charge is 0.462 e. The number of rotatable bonds is 6. The molecule has 2 rings (SSSR count). The number of hydrogen-bond donors (Lipinski definition) is 4. The Morgan fingerprint density at radius 2 is 2.08 bits per heavy atom. The maximum Gasteiger partial charge on any atom is 0.338 e. The van der Waals surface area contributed by atoms with Crippen LogP contribution in [0, 0.1) is 0 Å². The predicted molar refractivity (Wildman–Crippen MR) is 91.1 cm³/mol. The first kappa shape index (κ1) is 18.2. The molecule has 2 unspecified atom stereocenters. The van der Waals surface area contributed by atoms with Crippen LogP contribution < -0.4 is 21.7 Å². The minimum Gasteiger partial charge on any atom is -0.462 e. The van der Waals surface area contributed by atoms with Gasteiger partial charge < -0.3 is 21.1 Å². The van der Waals surface area contributed by atoms with Gasteiger partial charge >= 0.3 is 5.97 Å². The van der Waals surface area contributed by atoms with E-state index in [-0.39, 0.29) is 24.0 Å². The van der Waals surface area contributed by atoms with Crippen LogP contribution in [0.4, 0.5) is 5.69 Å². The standard InChI is InChI=1S/C15H20N4O4S/c1-2-23-14(22)9-3-5-10(6-4-9)17-13(21)8-24-15-18-11(16)7-12(20)19-15/h3-6,11,15,18H,2,7-8,16H2,1H3,(H,17,21)(H,19,20). The average Bonchev–Trinajstić information content (AvgIpc) is 2.53. The molecule has 0 radical (unpaired) electrons. The van der Waals surface area contributed by atoms with E-state index in [0.717, 1.165) is 0 Å². The lowest BCUT2D eigenvalue weighted by Crippen LogP contribution is -2.58. The molecule has 1 saturated heterocycles. The molecule has 0 bridgehead atoms. The molecule has 0 aliphatic carbocycles. The molecule has 8 nitrogen and oxygen atoms in total. The number of anilines is 1. The van der Waals surface area contributed by atoms with Crippen molar-refractivity contribution >= 4 is 35.2 Å². The van der Waals surface area contributed by atoms with E-state index in [9.17, 15) is 14.4 Å². The molecule has 2 amide bonds. The third-order valence-corrected chi connectivity index (χ3v) is 4.14. The van der Waals surface area contributed by atoms with E-state index in [4.69, 9.17) is 10.5 Å². The first-order valence-electron chi connectivity index (χ1n) is 7.47. The van der Waals surface area contributed by atoms with Crippen LogP contribution in [-0.2, 0) is 14.3 Å². The minimum absolute atomic E-state index is 0.143. The van der Waals surface area contributed by atoms with Gasteiger partial charge in [0, 0.05) is 5.69 Å². The maximum atomic E-state index is 11.9. The third-order valence-electron chi connectivity index (χ3n) is 3.12. The van der Waals surface area contributed by atoms with Crippen molar-refractivity contribution in [2.75, 3.05) is 17.7 Å². The molecule has 1 heterocycles. The highest BCUT2D eigenvalue weighted by Crippen LogP contribution is 2.13. The molecule has 9 heteroatoms. The molecule has 1 aromatic carbocycles. The number of carbonyl (C=O) groups is 3. The van der Waals surface area contributed by atoms with Crippen LogP contribution >= 0.6 is 11.8 Å². The summed E-state index contributed by atoms with van der Waals surface area (Å²) < 4.78 is 4.89. The normalized spacial score (nSPS) is 20.2. The van der Waals surface area contributed by atoms with Gasteiger partial charge in [-0.3, -0.25) is 14.9 Å². The predicted octanol–water partition coefficient (Wildman–Crippen LogP) is 0.213. The Morgan fingerprint density at radius 1 is 1.38 bits per heavy atom. The highest BCUT2D eigenvalue weighted by Gasteiger charge is 2.23. The van der Waals surface area contributed by atoms with Crippen LogP contribution in [0.15, 0.2) is 24.3 Å². The number of nitrogens with one attached hydrogen (secondary N) is 3. The smallest absolute Gasteiger partial charge is 0.338 e. The summed E-state index contributed by atoms with van der Waals surface area (Å²) >= 11 is 1.24. The van der Waals surface area contributed by atoms with Crippen molar-refractivity contribution in [2.45, 2.75) is 25.0 Å². The Labute approximate surface area is 143 Å². The van der Waals surface area contributed by atoms with E-state index in [1.807, 2.05) is 0 Å². The lowest BCUT2D eigenvalue weighted by atomic mass is 10.2. The molecule has 0 saturated carbocycles. The fraction of sp³-hybridized carbons (Fsp3) is 0.400. The summed E-state index contributed by atoms with van der Waals surface area (Å²) in [5, 5.41) is 8.39. The summed E-state index contributed by atoms with van der Waals surface area (Å²) in [4.78, 5) is 34.9. The minimum atomic E-state index is -0.408. The van der Waals surface area contributed by atoms with Crippen LogP contribution in [-0.4, -0.2) is 41.8 Å². The summed E-state index contributed by atoms with van der Waals surface area (Å²) in [6, 6.07) is 6.43. The fourth-order valence-electron chi connectivity index (χ4n) is 2.05. The van der Waals surface area contributed by atoms with Gasteiger partial charge in [-0.15, -0.1) is 11.8 Å². The Morgan fingerprint density at radius 3 is 2.71 bits per heavy atom. The van der Waals surface area contributed by atoms with Gasteiger partial charge in [0.2, 0.25) is 11.8 Å². The van der Waals surface area contributed by atoms with Gasteiger partial charge in [0.1, 0.15) is 5.50 Å². The summed E-state index contributed by atoms with van der Waals surface area (Å²) in [6.45, 7) is 2.05. The lowest BCUT2D eigenvalue weighted by molar-refractivity contribution is -0.123. The molecule has 5 N–H and O–H groups in total. The van der Waals surface area contributed by atoms with E-state index in [1.165, 1.54) is 11.8 Å². The van der Waals surface area contributed by atoms with E-state index < -0.39 is 17.6 Å². The zero-order chi connectivity index (χ0) is 17.5. The summed E-state index contributed by atoms with van der Waals surface area (Å²) in [5.41, 5.74) is 6.29. The Hall–Kier alpha value is -2.10. The van der Waals surface area contributed by atoms with Crippen molar-refractivity contribution < 1.29 is 19.1 Å². The molecule has 1 aromatic rings. The van der Waals surface area contributed by atoms with E-state index in [1.54, 1.807) is 31.2 Å². The highest BCUT2D eigenvalue weighted by atomic mass is 32.2. The molecular weight excluding hydrogens is 332 g/mol. The quantitative estimate of drug-likeness (QED) is 0.540. The Kier molecular flexibility index (Phi) is 6.59. The number of nitrogens with two attached hydrogens (primary N) is 1. The van der Waals surface area contributed by atoms with Gasteiger partial charge in [-0.05, 0) is 31.2 Å². The van der Waals surface area contributed by atoms with Crippen LogP contribution in [0.1, 0.15) is 23.7 Å². The van der Waals surface area contributed by atoms with E-state index >= 15 is 0 Å². The zero-order valence-electron chi connectivity index (χ0n) is 13.2. The first-order chi connectivity index (χ1) is 11.5. The lowest BCUT2D eigenvalue weighted by Gasteiger charge is -2.28. The first-order valence-corrected chi connectivity index (χ1v) is 8.52. The molecule has 0 aromatic heterocycles. The van der Waals surface area contributed by atoms with Crippen LogP contribution in [0.5, 0.6) is 0 Å². The van der Waals surface area contributed by atoms with Crippen LogP contribution in [0.2, 0.25) is 0 Å². The van der Waals surface area contributed by atoms with E-state index in [2.05, 4.69) is 16.0 Å². The van der Waals surface area contributed by atoms with Gasteiger partial charge in [-0.1, -0.05) is 0 Å². The monoisotopic (exact) mass is 352 g/mol. The van der Waals surface area contributed by atoms with Gasteiger partial charge in [-0.25, -0.2) is 4.79 Å². The van der Waals surface area contributed by atoms with Crippen molar-refractivity contribution in [1.29, 1.82) is 0 Å². The number of amides is 2. The van der Waals surface area contributed by atoms with E-state index in [0.29, 0.717) is 17.9 Å². The molecule has 1 aliphatic rings. The van der Waals surface area contributed by atoms with Gasteiger partial charge in [0.05, 0.1) is 30.5 Å². The molecule has 130 valence electrons. The second-order valence-corrected chi connectivity index (χ2v) is 6.18. The van der Waals surface area contributed by atoms with Crippen molar-refractivity contribution in [3.63, 3.8) is 0 Å². The molecular formula is C15H20N4O4S. The van der Waals surface area contributed by atoms with Crippen molar-refractivity contribution in [3.8, 4) is 0 Å². The summed E-state index contributed by atoms with van der Waals surface area (Å²) in [6.07, 6.45) is -0.189. The second kappa shape index (κ2) is 8.67. The SMILES string of the molecule is CCOC(=O)c1ccc(NC(=O)CSC2NC(=O)CC(N)N2)cc1. The van der Waals surface area contributed by atoms with Crippen LogP contribution in [0.3, 0.4) is 0 Å². The Balaban J connectivity index is 1.79. The number of esters is 1. The topological polar surface area (TPSA) is 123 Å². The van der Waals surface area contributed by atoms with Gasteiger partial charge in [0.15, 0.2) is 0 Å². The third kappa shape index (κ3) is 5.52. The summed E-state index contributed by atoms with van der Waals surface area (Å²) in [5.74, 6) is -0.626. The van der Waals surface area contributed by atoms with Crippen molar-refractivity contribution in [2.24, 2.45) is 5.73 Å². The van der Waals surface area contributed by atoms with Crippen molar-refractivity contribution in [1.82, 2.24) is 10.6 Å². The number of hydrogen-bond acceptors (Lipinski definition) is 7. The zero-order valence-corrected chi connectivity index (χ0v) is 14.0. The fourth-order valence-corrected chi connectivity index (χ4v) is 2.93. The molecule has 24 heavy (non-hydrogen) atoms.